The standard InChI is InChI=1S/C16H19N3O4S/c1-4-9-18-10(2)13(15(20)23-3)14(17-16(18)24)11-5-7-12(8-6-11)19(21)22/h5-8,14H,4,9H2,1-3H3,(H,17,24)/t14-/m1/s1. The number of esters is 1. The molecule has 0 unspecified atom stereocenters. The van der Waals surface area contributed by atoms with E-state index >= 15 is 0 Å². The minimum atomic E-state index is -0.501. The summed E-state index contributed by atoms with van der Waals surface area (Å²) in [6.07, 6.45) is 0.871. The molecule has 1 aromatic rings. The number of hydrogen-bond donors (Lipinski definition) is 1. The summed E-state index contributed by atoms with van der Waals surface area (Å²) >= 11 is 5.41. The van der Waals surface area contributed by atoms with Crippen molar-refractivity contribution in [2.45, 2.75) is 26.3 Å². The fourth-order valence-corrected chi connectivity index (χ4v) is 3.03. The maximum Gasteiger partial charge on any atom is 0.337 e. The first-order valence-corrected chi connectivity index (χ1v) is 7.93. The molecule has 1 aliphatic rings. The van der Waals surface area contributed by atoms with Gasteiger partial charge in [0.05, 0.1) is 23.6 Å². The Hall–Kier alpha value is -2.48. The molecule has 24 heavy (non-hydrogen) atoms. The first-order valence-electron chi connectivity index (χ1n) is 7.52. The number of carbonyl (C=O) groups is 1. The van der Waals surface area contributed by atoms with Gasteiger partial charge < -0.3 is 15.0 Å². The number of rotatable bonds is 5. The van der Waals surface area contributed by atoms with Gasteiger partial charge in [-0.25, -0.2) is 4.79 Å². The van der Waals surface area contributed by atoms with Gasteiger partial charge in [0.1, 0.15) is 0 Å². The Balaban J connectivity index is 2.48. The topological polar surface area (TPSA) is 84.7 Å². The van der Waals surface area contributed by atoms with E-state index < -0.39 is 16.9 Å². The van der Waals surface area contributed by atoms with E-state index in [0.717, 1.165) is 12.1 Å². The van der Waals surface area contributed by atoms with Gasteiger partial charge >= 0.3 is 5.97 Å². The number of benzene rings is 1. The Bertz CT molecular complexity index is 700. The second-order valence-electron chi connectivity index (χ2n) is 5.37. The predicted octanol–water partition coefficient (Wildman–Crippen LogP) is 2.68. The van der Waals surface area contributed by atoms with Gasteiger partial charge in [-0.15, -0.1) is 0 Å². The van der Waals surface area contributed by atoms with E-state index in [1.165, 1.54) is 19.2 Å². The van der Waals surface area contributed by atoms with E-state index in [1.54, 1.807) is 12.1 Å². The Morgan fingerprint density at radius 3 is 2.54 bits per heavy atom. The molecule has 128 valence electrons. The number of carbonyl (C=O) groups excluding carboxylic acids is 1. The van der Waals surface area contributed by atoms with Crippen LogP contribution < -0.4 is 5.32 Å². The molecule has 0 saturated heterocycles. The number of thiocarbonyl (C=S) groups is 1. The van der Waals surface area contributed by atoms with Gasteiger partial charge in [-0.05, 0) is 43.3 Å². The van der Waals surface area contributed by atoms with Crippen molar-refractivity contribution in [3.8, 4) is 0 Å². The number of nitro groups is 1. The molecule has 8 heteroatoms. The highest BCUT2D eigenvalue weighted by Gasteiger charge is 2.34. The molecule has 1 heterocycles. The number of allylic oxidation sites excluding steroid dienone is 1. The number of hydrogen-bond acceptors (Lipinski definition) is 5. The lowest BCUT2D eigenvalue weighted by atomic mass is 9.95. The normalized spacial score (nSPS) is 17.5. The van der Waals surface area contributed by atoms with Crippen molar-refractivity contribution >= 4 is 29.0 Å². The van der Waals surface area contributed by atoms with Crippen molar-refractivity contribution in [3.63, 3.8) is 0 Å². The molecule has 0 bridgehead atoms. The van der Waals surface area contributed by atoms with E-state index in [1.807, 2.05) is 18.7 Å². The number of nitrogens with zero attached hydrogens (tertiary/aromatic N) is 2. The number of non-ortho nitro benzene ring substituents is 1. The van der Waals surface area contributed by atoms with Crippen LogP contribution in [-0.2, 0) is 9.53 Å². The zero-order valence-corrected chi connectivity index (χ0v) is 14.6. The fraction of sp³-hybridized carbons (Fsp3) is 0.375. The highest BCUT2D eigenvalue weighted by atomic mass is 32.1. The van der Waals surface area contributed by atoms with E-state index in [2.05, 4.69) is 5.32 Å². The van der Waals surface area contributed by atoms with Crippen molar-refractivity contribution in [1.82, 2.24) is 10.2 Å². The van der Waals surface area contributed by atoms with Crippen LogP contribution in [0.2, 0.25) is 0 Å². The minimum Gasteiger partial charge on any atom is -0.466 e. The Labute approximate surface area is 145 Å². The van der Waals surface area contributed by atoms with E-state index in [0.29, 0.717) is 22.8 Å². The largest absolute Gasteiger partial charge is 0.466 e. The number of nitro benzene ring substituents is 1. The lowest BCUT2D eigenvalue weighted by Crippen LogP contribution is -2.48. The first kappa shape index (κ1) is 17.9. The maximum absolute atomic E-state index is 12.3. The molecule has 7 nitrogen and oxygen atoms in total. The van der Waals surface area contributed by atoms with Crippen molar-refractivity contribution in [1.29, 1.82) is 0 Å². The molecule has 1 aromatic carbocycles. The minimum absolute atomic E-state index is 0.00920. The van der Waals surface area contributed by atoms with Crippen LogP contribution in [0.5, 0.6) is 0 Å². The Morgan fingerprint density at radius 2 is 2.04 bits per heavy atom. The first-order chi connectivity index (χ1) is 11.4. The quantitative estimate of drug-likeness (QED) is 0.378. The van der Waals surface area contributed by atoms with Crippen LogP contribution in [-0.4, -0.2) is 34.6 Å². The Morgan fingerprint density at radius 1 is 1.42 bits per heavy atom. The van der Waals surface area contributed by atoms with Crippen molar-refractivity contribution < 1.29 is 14.5 Å². The molecule has 0 aromatic heterocycles. The van der Waals surface area contributed by atoms with Crippen LogP contribution in [0, 0.1) is 10.1 Å². The van der Waals surface area contributed by atoms with Crippen molar-refractivity contribution in [3.05, 3.63) is 51.2 Å². The van der Waals surface area contributed by atoms with Gasteiger partial charge in [-0.3, -0.25) is 10.1 Å². The summed E-state index contributed by atoms with van der Waals surface area (Å²) in [5.74, 6) is -0.452. The molecule has 0 saturated carbocycles. The van der Waals surface area contributed by atoms with Gasteiger partial charge in [0.25, 0.3) is 5.69 Å². The number of nitrogens with one attached hydrogen (secondary N) is 1. The van der Waals surface area contributed by atoms with Crippen molar-refractivity contribution in [2.75, 3.05) is 13.7 Å². The second-order valence-corrected chi connectivity index (χ2v) is 5.76. The summed E-state index contributed by atoms with van der Waals surface area (Å²) in [7, 11) is 1.33. The average molecular weight is 349 g/mol. The summed E-state index contributed by atoms with van der Waals surface area (Å²) < 4.78 is 4.92. The molecule has 1 aliphatic heterocycles. The smallest absolute Gasteiger partial charge is 0.337 e. The lowest BCUT2D eigenvalue weighted by molar-refractivity contribution is -0.384. The monoisotopic (exact) mass is 349 g/mol. The van der Waals surface area contributed by atoms with E-state index in [9.17, 15) is 14.9 Å². The molecule has 0 fully saturated rings. The fourth-order valence-electron chi connectivity index (χ4n) is 2.69. The highest BCUT2D eigenvalue weighted by molar-refractivity contribution is 7.80. The maximum atomic E-state index is 12.3. The van der Waals surface area contributed by atoms with Crippen LogP contribution in [0.15, 0.2) is 35.5 Å². The number of methoxy groups -OCH3 is 1. The van der Waals surface area contributed by atoms with Gasteiger partial charge in [-0.2, -0.15) is 0 Å². The summed E-state index contributed by atoms with van der Waals surface area (Å²) in [6.45, 7) is 4.54. The predicted molar refractivity (Wildman–Crippen MR) is 93.3 cm³/mol. The summed E-state index contributed by atoms with van der Waals surface area (Å²) in [6, 6.07) is 5.54. The van der Waals surface area contributed by atoms with Crippen LogP contribution in [0.25, 0.3) is 0 Å². The summed E-state index contributed by atoms with van der Waals surface area (Å²) in [5.41, 5.74) is 1.88. The van der Waals surface area contributed by atoms with E-state index in [4.69, 9.17) is 17.0 Å². The third-order valence-corrected chi connectivity index (χ3v) is 4.22. The molecular weight excluding hydrogens is 330 g/mol. The highest BCUT2D eigenvalue weighted by Crippen LogP contribution is 2.32. The Kier molecular flexibility index (Phi) is 5.50. The zero-order valence-electron chi connectivity index (χ0n) is 13.7. The second kappa shape index (κ2) is 7.39. The summed E-state index contributed by atoms with van der Waals surface area (Å²) in [4.78, 5) is 24.5. The van der Waals surface area contributed by atoms with E-state index in [-0.39, 0.29) is 5.69 Å². The molecule has 0 amide bonds. The average Bonchev–Trinajstić information content (AvgIpc) is 2.57. The zero-order chi connectivity index (χ0) is 17.9. The SMILES string of the molecule is CCCN1C(=S)N[C@H](c2ccc([N+](=O)[O-])cc2)C(C(=O)OC)=C1C. The molecular formula is C16H19N3O4S. The summed E-state index contributed by atoms with van der Waals surface area (Å²) in [5, 5.41) is 14.5. The molecule has 1 atom stereocenters. The molecule has 0 aliphatic carbocycles. The number of ether oxygens (including phenoxy) is 1. The molecule has 2 rings (SSSR count). The van der Waals surface area contributed by atoms with Crippen LogP contribution in [0.3, 0.4) is 0 Å². The van der Waals surface area contributed by atoms with Gasteiger partial charge in [0.15, 0.2) is 5.11 Å². The van der Waals surface area contributed by atoms with Gasteiger partial charge in [-0.1, -0.05) is 6.92 Å². The molecule has 1 N–H and O–H groups in total. The molecule has 0 radical (unpaired) electrons. The van der Waals surface area contributed by atoms with Crippen molar-refractivity contribution in [2.24, 2.45) is 0 Å². The third kappa shape index (κ3) is 3.38. The van der Waals surface area contributed by atoms with Crippen LogP contribution in [0.4, 0.5) is 5.69 Å². The van der Waals surface area contributed by atoms with Crippen LogP contribution >= 0.6 is 12.2 Å². The lowest BCUT2D eigenvalue weighted by Gasteiger charge is -2.37. The van der Waals surface area contributed by atoms with Gasteiger partial charge in [0.2, 0.25) is 0 Å². The van der Waals surface area contributed by atoms with Gasteiger partial charge in [0, 0.05) is 24.4 Å². The molecule has 0 spiro atoms. The third-order valence-electron chi connectivity index (χ3n) is 3.89. The van der Waals surface area contributed by atoms with Crippen LogP contribution in [0.1, 0.15) is 31.9 Å².